The van der Waals surface area contributed by atoms with E-state index in [2.05, 4.69) is 9.72 Å². The van der Waals surface area contributed by atoms with Crippen LogP contribution in [0.5, 0.6) is 5.06 Å². The molecule has 1 aromatic heterocycles. The summed E-state index contributed by atoms with van der Waals surface area (Å²) in [6.45, 7) is 0. The Balaban J connectivity index is 2.30. The van der Waals surface area contributed by atoms with Gasteiger partial charge in [-0.05, 0) is 0 Å². The molecule has 1 heterocycles. The summed E-state index contributed by atoms with van der Waals surface area (Å²) < 4.78 is 53.8. The number of halogens is 4. The number of rotatable bonds is 4. The summed E-state index contributed by atoms with van der Waals surface area (Å²) in [5, 5.41) is -0.327. The van der Waals surface area contributed by atoms with Crippen LogP contribution in [0.25, 0.3) is 11.3 Å². The van der Waals surface area contributed by atoms with Gasteiger partial charge in [-0.3, -0.25) is 0 Å². The maximum absolute atomic E-state index is 12.8. The Morgan fingerprint density at radius 1 is 1.17 bits per heavy atom. The van der Waals surface area contributed by atoms with Crippen molar-refractivity contribution in [3.05, 3.63) is 35.8 Å². The Kier molecular flexibility index (Phi) is 3.51. The molecule has 0 N–H and O–H groups in total. The van der Waals surface area contributed by atoms with Crippen LogP contribution in [0.1, 0.15) is 0 Å². The van der Waals surface area contributed by atoms with Crippen molar-refractivity contribution in [2.75, 3.05) is 0 Å². The number of aromatic nitrogens is 1. The largest absolute Gasteiger partial charge is 0.461 e. The molecule has 0 aliphatic rings. The maximum Gasteiger partial charge on any atom is 0.461 e. The van der Waals surface area contributed by atoms with Crippen molar-refractivity contribution in [2.45, 2.75) is 12.5 Å². The van der Waals surface area contributed by atoms with E-state index < -0.39 is 12.5 Å². The third kappa shape index (κ3) is 2.61. The Morgan fingerprint density at radius 3 is 2.44 bits per heavy atom. The average Bonchev–Trinajstić information content (AvgIpc) is 2.77. The van der Waals surface area contributed by atoms with E-state index in [9.17, 15) is 17.6 Å². The van der Waals surface area contributed by atoms with Gasteiger partial charge in [-0.25, -0.2) is 4.98 Å². The number of thiazole rings is 1. The first-order chi connectivity index (χ1) is 8.50. The van der Waals surface area contributed by atoms with Crippen LogP contribution in [0.3, 0.4) is 0 Å². The van der Waals surface area contributed by atoms with Gasteiger partial charge in [0.25, 0.3) is 0 Å². The van der Waals surface area contributed by atoms with Crippen LogP contribution in [-0.4, -0.2) is 17.5 Å². The summed E-state index contributed by atoms with van der Waals surface area (Å²) in [6, 6.07) is 8.36. The summed E-state index contributed by atoms with van der Waals surface area (Å²) in [5.74, 6) is 0. The molecule has 2 nitrogen and oxygen atoms in total. The van der Waals surface area contributed by atoms with E-state index >= 15 is 0 Å². The monoisotopic (exact) mass is 277 g/mol. The molecule has 0 spiro atoms. The average molecular weight is 277 g/mol. The molecule has 0 atom stereocenters. The van der Waals surface area contributed by atoms with Gasteiger partial charge in [-0.2, -0.15) is 17.6 Å². The molecule has 0 saturated heterocycles. The number of benzene rings is 1. The van der Waals surface area contributed by atoms with Crippen molar-refractivity contribution in [3.8, 4) is 16.3 Å². The molecule has 0 bridgehead atoms. The van der Waals surface area contributed by atoms with Crippen molar-refractivity contribution in [3.63, 3.8) is 0 Å². The molecule has 1 aromatic carbocycles. The van der Waals surface area contributed by atoms with Gasteiger partial charge < -0.3 is 4.74 Å². The number of hydrogen-bond donors (Lipinski definition) is 0. The lowest BCUT2D eigenvalue weighted by molar-refractivity contribution is -0.251. The van der Waals surface area contributed by atoms with Crippen LogP contribution < -0.4 is 4.74 Å². The van der Waals surface area contributed by atoms with Crippen LogP contribution in [0.15, 0.2) is 35.8 Å². The van der Waals surface area contributed by atoms with Gasteiger partial charge in [-0.1, -0.05) is 41.7 Å². The van der Waals surface area contributed by atoms with Gasteiger partial charge in [0, 0.05) is 5.56 Å². The molecule has 2 rings (SSSR count). The predicted molar refractivity (Wildman–Crippen MR) is 59.1 cm³/mol. The second kappa shape index (κ2) is 4.93. The third-order valence-electron chi connectivity index (χ3n) is 2.06. The normalized spacial score (nSPS) is 11.8. The molecular weight excluding hydrogens is 270 g/mol. The summed E-state index contributed by atoms with van der Waals surface area (Å²) >= 11 is 0.742. The van der Waals surface area contributed by atoms with Crippen LogP contribution >= 0.6 is 11.3 Å². The number of hydrogen-bond acceptors (Lipinski definition) is 3. The predicted octanol–water partition coefficient (Wildman–Crippen LogP) is 4.05. The number of nitrogens with zero attached hydrogens (tertiary/aromatic N) is 1. The second-order valence-corrected chi connectivity index (χ2v) is 4.14. The van der Waals surface area contributed by atoms with Crippen molar-refractivity contribution in [1.82, 2.24) is 4.98 Å². The Bertz CT molecular complexity index is 515. The molecule has 96 valence electrons. The zero-order valence-electron chi connectivity index (χ0n) is 8.82. The first kappa shape index (κ1) is 12.8. The van der Waals surface area contributed by atoms with Crippen molar-refractivity contribution in [2.24, 2.45) is 0 Å². The highest BCUT2D eigenvalue weighted by atomic mass is 32.1. The minimum absolute atomic E-state index is 0.126. The highest BCUT2D eigenvalue weighted by Gasteiger charge is 2.44. The first-order valence-electron chi connectivity index (χ1n) is 4.84. The lowest BCUT2D eigenvalue weighted by Gasteiger charge is -2.16. The maximum atomic E-state index is 12.8. The first-order valence-corrected chi connectivity index (χ1v) is 5.72. The van der Waals surface area contributed by atoms with E-state index in [1.54, 1.807) is 30.3 Å². The van der Waals surface area contributed by atoms with Gasteiger partial charge in [-0.15, -0.1) is 0 Å². The van der Waals surface area contributed by atoms with E-state index in [1.807, 2.05) is 0 Å². The summed E-state index contributed by atoms with van der Waals surface area (Å²) in [5.41, 5.74) is 1.92. The number of alkyl halides is 4. The molecule has 0 aliphatic carbocycles. The van der Waals surface area contributed by atoms with E-state index in [-0.39, 0.29) is 10.8 Å². The lowest BCUT2D eigenvalue weighted by atomic mass is 10.2. The molecule has 0 fully saturated rings. The van der Waals surface area contributed by atoms with E-state index in [4.69, 9.17) is 0 Å². The molecule has 0 saturated carbocycles. The summed E-state index contributed by atoms with van der Waals surface area (Å²) in [7, 11) is 0. The fourth-order valence-electron chi connectivity index (χ4n) is 1.26. The molecule has 2 aromatic rings. The van der Waals surface area contributed by atoms with E-state index in [0.29, 0.717) is 5.56 Å². The smallest absolute Gasteiger partial charge is 0.416 e. The zero-order valence-corrected chi connectivity index (χ0v) is 9.63. The topological polar surface area (TPSA) is 22.1 Å². The molecule has 0 unspecified atom stereocenters. The van der Waals surface area contributed by atoms with Crippen LogP contribution in [0, 0.1) is 0 Å². The van der Waals surface area contributed by atoms with E-state index in [1.165, 1.54) is 5.51 Å². The Labute approximate surface area is 104 Å². The van der Waals surface area contributed by atoms with Gasteiger partial charge in [0.05, 0.1) is 5.51 Å². The van der Waals surface area contributed by atoms with Gasteiger partial charge >= 0.3 is 12.5 Å². The molecule has 18 heavy (non-hydrogen) atoms. The van der Waals surface area contributed by atoms with Crippen molar-refractivity contribution in [1.29, 1.82) is 0 Å². The minimum atomic E-state index is -4.52. The molecule has 0 radical (unpaired) electrons. The van der Waals surface area contributed by atoms with Crippen LogP contribution in [0.4, 0.5) is 17.6 Å². The van der Waals surface area contributed by atoms with Crippen molar-refractivity contribution >= 4 is 11.3 Å². The van der Waals surface area contributed by atoms with Gasteiger partial charge in [0.1, 0.15) is 5.69 Å². The molecule has 0 aliphatic heterocycles. The van der Waals surface area contributed by atoms with Gasteiger partial charge in [0.15, 0.2) is 0 Å². The molecule has 0 amide bonds. The quantitative estimate of drug-likeness (QED) is 0.787. The standard InChI is InChI=1S/C11H7F4NOS/c12-10(13)11(14,15)17-9-8(16-6-18-9)7-4-2-1-3-5-7/h1-6,10H. The minimum Gasteiger partial charge on any atom is -0.416 e. The Hall–Kier alpha value is -1.63. The highest BCUT2D eigenvalue weighted by Crippen LogP contribution is 2.37. The molecular formula is C11H7F4NOS. The highest BCUT2D eigenvalue weighted by molar-refractivity contribution is 7.12. The summed E-state index contributed by atoms with van der Waals surface area (Å²) in [4.78, 5) is 3.85. The Morgan fingerprint density at radius 2 is 1.83 bits per heavy atom. The van der Waals surface area contributed by atoms with Crippen LogP contribution in [0.2, 0.25) is 0 Å². The molecule has 7 heteroatoms. The van der Waals surface area contributed by atoms with E-state index in [0.717, 1.165) is 11.3 Å². The number of ether oxygens (including phenoxy) is 1. The third-order valence-corrected chi connectivity index (χ3v) is 2.77. The van der Waals surface area contributed by atoms with Gasteiger partial charge in [0.2, 0.25) is 5.06 Å². The SMILES string of the molecule is FC(F)C(F)(F)Oc1scnc1-c1ccccc1. The van der Waals surface area contributed by atoms with Crippen molar-refractivity contribution < 1.29 is 22.3 Å². The second-order valence-electron chi connectivity index (χ2n) is 3.32. The zero-order chi connectivity index (χ0) is 13.2. The fourth-order valence-corrected chi connectivity index (χ4v) is 1.96. The fraction of sp³-hybridized carbons (Fsp3) is 0.182. The van der Waals surface area contributed by atoms with Crippen LogP contribution in [-0.2, 0) is 0 Å². The summed E-state index contributed by atoms with van der Waals surface area (Å²) in [6.07, 6.45) is -8.40. The lowest BCUT2D eigenvalue weighted by Crippen LogP contribution is -2.33.